The number of ether oxygens (including phenoxy) is 1. The summed E-state index contributed by atoms with van der Waals surface area (Å²) < 4.78 is 8.06. The van der Waals surface area contributed by atoms with Crippen LogP contribution in [0.4, 0.5) is 0 Å². The van der Waals surface area contributed by atoms with Crippen LogP contribution in [0.15, 0.2) is 79.4 Å². The summed E-state index contributed by atoms with van der Waals surface area (Å²) in [7, 11) is 0. The molecule has 0 fully saturated rings. The summed E-state index contributed by atoms with van der Waals surface area (Å²) in [5, 5.41) is 1.16. The molecule has 4 nitrogen and oxygen atoms in total. The Kier molecular flexibility index (Phi) is 3.94. The number of aromatic nitrogens is 3. The molecule has 4 rings (SSSR count). The number of nitrogens with zero attached hydrogens (tertiary/aromatic N) is 3. The van der Waals surface area contributed by atoms with Crippen LogP contribution in [0.2, 0.25) is 0 Å². The van der Waals surface area contributed by atoms with Crippen LogP contribution in [0.3, 0.4) is 0 Å². The van der Waals surface area contributed by atoms with E-state index in [0.29, 0.717) is 6.61 Å². The van der Waals surface area contributed by atoms with Gasteiger partial charge in [-0.05, 0) is 48.0 Å². The Labute approximate surface area is 140 Å². The quantitative estimate of drug-likeness (QED) is 0.557. The van der Waals surface area contributed by atoms with E-state index in [1.165, 1.54) is 11.1 Å². The van der Waals surface area contributed by atoms with E-state index in [9.17, 15) is 0 Å². The fourth-order valence-electron chi connectivity index (χ4n) is 2.74. The van der Waals surface area contributed by atoms with Gasteiger partial charge < -0.3 is 9.30 Å². The molecule has 0 aliphatic rings. The van der Waals surface area contributed by atoms with E-state index in [1.54, 1.807) is 12.4 Å². The number of benzene rings is 1. The largest absolute Gasteiger partial charge is 0.487 e. The normalized spacial score (nSPS) is 10.8. The summed E-state index contributed by atoms with van der Waals surface area (Å²) in [6.07, 6.45) is 7.57. The minimum absolute atomic E-state index is 0.475. The first-order chi connectivity index (χ1) is 11.9. The molecule has 0 saturated carbocycles. The molecule has 4 aromatic rings. The predicted molar refractivity (Wildman–Crippen MR) is 93.8 cm³/mol. The molecule has 0 unspecified atom stereocenters. The standard InChI is InChI=1S/C20H17N3O/c1-2-10-22-18(5-1)15-24-19-6-7-20-17(12-19)8-11-23(20)14-16-4-3-9-21-13-16/h1-13H,14-15H2. The zero-order valence-electron chi connectivity index (χ0n) is 13.2. The maximum absolute atomic E-state index is 5.85. The number of hydrogen-bond acceptors (Lipinski definition) is 3. The molecule has 118 valence electrons. The molecule has 0 amide bonds. The van der Waals surface area contributed by atoms with Crippen LogP contribution in [0, 0.1) is 0 Å². The summed E-state index contributed by atoms with van der Waals surface area (Å²) in [6.45, 7) is 1.29. The van der Waals surface area contributed by atoms with Crippen LogP contribution >= 0.6 is 0 Å². The van der Waals surface area contributed by atoms with Gasteiger partial charge in [0.1, 0.15) is 12.4 Å². The highest BCUT2D eigenvalue weighted by Gasteiger charge is 2.04. The van der Waals surface area contributed by atoms with E-state index in [2.05, 4.69) is 45.0 Å². The van der Waals surface area contributed by atoms with Gasteiger partial charge in [-0.3, -0.25) is 9.97 Å². The molecule has 0 bridgehead atoms. The molecule has 24 heavy (non-hydrogen) atoms. The summed E-state index contributed by atoms with van der Waals surface area (Å²) in [4.78, 5) is 8.45. The Hall–Kier alpha value is -3.14. The van der Waals surface area contributed by atoms with Gasteiger partial charge in [0.2, 0.25) is 0 Å². The van der Waals surface area contributed by atoms with Gasteiger partial charge in [0, 0.05) is 42.2 Å². The Morgan fingerprint density at radius 1 is 0.958 bits per heavy atom. The zero-order chi connectivity index (χ0) is 16.2. The van der Waals surface area contributed by atoms with Crippen LogP contribution < -0.4 is 4.74 Å². The van der Waals surface area contributed by atoms with E-state index in [1.807, 2.05) is 36.5 Å². The highest BCUT2D eigenvalue weighted by molar-refractivity contribution is 5.81. The van der Waals surface area contributed by atoms with Crippen molar-refractivity contribution in [1.82, 2.24) is 14.5 Å². The van der Waals surface area contributed by atoms with Crippen molar-refractivity contribution >= 4 is 10.9 Å². The van der Waals surface area contributed by atoms with E-state index in [-0.39, 0.29) is 0 Å². The fraction of sp³-hybridized carbons (Fsp3) is 0.100. The van der Waals surface area contributed by atoms with Crippen LogP contribution in [0.1, 0.15) is 11.3 Å². The molecule has 0 radical (unpaired) electrons. The van der Waals surface area contributed by atoms with E-state index < -0.39 is 0 Å². The molecule has 3 heterocycles. The minimum Gasteiger partial charge on any atom is -0.487 e. The Morgan fingerprint density at radius 3 is 2.79 bits per heavy atom. The lowest BCUT2D eigenvalue weighted by Gasteiger charge is -2.08. The van der Waals surface area contributed by atoms with Crippen LogP contribution in [-0.2, 0) is 13.2 Å². The average Bonchev–Trinajstić information content (AvgIpc) is 3.04. The highest BCUT2D eigenvalue weighted by Crippen LogP contribution is 2.23. The highest BCUT2D eigenvalue weighted by atomic mass is 16.5. The second-order valence-electron chi connectivity index (χ2n) is 5.64. The second kappa shape index (κ2) is 6.54. The molecule has 4 heteroatoms. The van der Waals surface area contributed by atoms with E-state index >= 15 is 0 Å². The van der Waals surface area contributed by atoms with Crippen LogP contribution in [0.25, 0.3) is 10.9 Å². The van der Waals surface area contributed by atoms with E-state index in [4.69, 9.17) is 4.74 Å². The summed E-state index contributed by atoms with van der Waals surface area (Å²) in [5.74, 6) is 0.854. The van der Waals surface area contributed by atoms with Crippen LogP contribution in [0.5, 0.6) is 5.75 Å². The number of pyridine rings is 2. The first-order valence-electron chi connectivity index (χ1n) is 7.89. The van der Waals surface area contributed by atoms with Gasteiger partial charge >= 0.3 is 0 Å². The smallest absolute Gasteiger partial charge is 0.130 e. The lowest BCUT2D eigenvalue weighted by molar-refractivity contribution is 0.302. The van der Waals surface area contributed by atoms with Crippen molar-refractivity contribution < 1.29 is 4.74 Å². The van der Waals surface area contributed by atoms with Crippen molar-refractivity contribution in [2.24, 2.45) is 0 Å². The van der Waals surface area contributed by atoms with Gasteiger partial charge in [-0.2, -0.15) is 0 Å². The lowest BCUT2D eigenvalue weighted by atomic mass is 10.2. The maximum atomic E-state index is 5.85. The SMILES string of the molecule is c1ccc(COc2ccc3c(ccn3Cc3cccnc3)c2)nc1. The third-order valence-electron chi connectivity index (χ3n) is 3.93. The van der Waals surface area contributed by atoms with Gasteiger partial charge in [-0.25, -0.2) is 0 Å². The molecule has 0 spiro atoms. The minimum atomic E-state index is 0.475. The Balaban J connectivity index is 1.52. The third kappa shape index (κ3) is 3.13. The van der Waals surface area contributed by atoms with Crippen molar-refractivity contribution in [3.8, 4) is 5.75 Å². The number of fused-ring (bicyclic) bond motifs is 1. The lowest BCUT2D eigenvalue weighted by Crippen LogP contribution is -1.99. The summed E-state index contributed by atoms with van der Waals surface area (Å²) in [6, 6.07) is 18.2. The van der Waals surface area contributed by atoms with Gasteiger partial charge in [0.05, 0.1) is 5.69 Å². The molecule has 1 aromatic carbocycles. The maximum Gasteiger partial charge on any atom is 0.130 e. The molecule has 0 aliphatic carbocycles. The van der Waals surface area contributed by atoms with E-state index in [0.717, 1.165) is 23.4 Å². The summed E-state index contributed by atoms with van der Waals surface area (Å²) in [5.41, 5.74) is 3.29. The molecular formula is C20H17N3O. The molecule has 0 atom stereocenters. The number of rotatable bonds is 5. The van der Waals surface area contributed by atoms with Gasteiger partial charge in [0.15, 0.2) is 0 Å². The van der Waals surface area contributed by atoms with Gasteiger partial charge in [-0.15, -0.1) is 0 Å². The van der Waals surface area contributed by atoms with Gasteiger partial charge in [0.25, 0.3) is 0 Å². The topological polar surface area (TPSA) is 39.9 Å². The number of hydrogen-bond donors (Lipinski definition) is 0. The summed E-state index contributed by atoms with van der Waals surface area (Å²) >= 11 is 0. The van der Waals surface area contributed by atoms with Crippen LogP contribution in [-0.4, -0.2) is 14.5 Å². The second-order valence-corrected chi connectivity index (χ2v) is 5.64. The zero-order valence-corrected chi connectivity index (χ0v) is 13.2. The third-order valence-corrected chi connectivity index (χ3v) is 3.93. The first kappa shape index (κ1) is 14.5. The molecule has 3 aromatic heterocycles. The van der Waals surface area contributed by atoms with Gasteiger partial charge in [-0.1, -0.05) is 12.1 Å². The van der Waals surface area contributed by atoms with Crippen molar-refractivity contribution in [2.45, 2.75) is 13.2 Å². The Bertz CT molecular complexity index is 933. The molecule has 0 saturated heterocycles. The average molecular weight is 315 g/mol. The first-order valence-corrected chi connectivity index (χ1v) is 7.89. The van der Waals surface area contributed by atoms with Crippen molar-refractivity contribution in [1.29, 1.82) is 0 Å². The molecule has 0 aliphatic heterocycles. The predicted octanol–water partition coefficient (Wildman–Crippen LogP) is 4.06. The van der Waals surface area contributed by atoms with Crippen molar-refractivity contribution in [3.05, 3.63) is 90.6 Å². The van der Waals surface area contributed by atoms with Crippen molar-refractivity contribution in [3.63, 3.8) is 0 Å². The molecular weight excluding hydrogens is 298 g/mol. The van der Waals surface area contributed by atoms with Crippen molar-refractivity contribution in [2.75, 3.05) is 0 Å². The molecule has 0 N–H and O–H groups in total. The fourth-order valence-corrected chi connectivity index (χ4v) is 2.74. The monoisotopic (exact) mass is 315 g/mol. The Morgan fingerprint density at radius 2 is 1.96 bits per heavy atom.